The van der Waals surface area contributed by atoms with Crippen LogP contribution < -0.4 is 4.74 Å². The number of phenols is 1. The van der Waals surface area contributed by atoms with Crippen LogP contribution in [-0.4, -0.2) is 11.7 Å². The van der Waals surface area contributed by atoms with Crippen molar-refractivity contribution in [1.29, 1.82) is 0 Å². The van der Waals surface area contributed by atoms with E-state index in [1.54, 1.807) is 6.07 Å². The molecule has 4 heteroatoms. The molecule has 2 nitrogen and oxygen atoms in total. The van der Waals surface area contributed by atoms with Crippen molar-refractivity contribution in [2.24, 2.45) is 5.92 Å². The minimum atomic E-state index is -0.694. The molecule has 1 N–H and O–H groups in total. The standard InChI is InChI=1S/C10H10BrFO2/c11-7-3-4-8(9(12)10(7)13)14-5-6-1-2-6/h3-4,6,13H,1-2,5H2. The Hall–Kier alpha value is -0.770. The summed E-state index contributed by atoms with van der Waals surface area (Å²) in [5.41, 5.74) is 0. The lowest BCUT2D eigenvalue weighted by molar-refractivity contribution is 0.279. The van der Waals surface area contributed by atoms with Crippen molar-refractivity contribution in [2.75, 3.05) is 6.61 Å². The largest absolute Gasteiger partial charge is 0.504 e. The third kappa shape index (κ3) is 2.00. The number of phenolic OH excluding ortho intramolecular Hbond substituents is 1. The number of aromatic hydroxyl groups is 1. The Morgan fingerprint density at radius 2 is 2.21 bits per heavy atom. The van der Waals surface area contributed by atoms with E-state index in [1.807, 2.05) is 0 Å². The molecule has 14 heavy (non-hydrogen) atoms. The minimum Gasteiger partial charge on any atom is -0.504 e. The first kappa shape index (κ1) is 9.77. The van der Waals surface area contributed by atoms with Crippen molar-refractivity contribution < 1.29 is 14.2 Å². The third-order valence-corrected chi connectivity index (χ3v) is 2.84. The molecule has 0 heterocycles. The first-order valence-electron chi connectivity index (χ1n) is 4.48. The van der Waals surface area contributed by atoms with E-state index in [-0.39, 0.29) is 5.75 Å². The Balaban J connectivity index is 2.11. The lowest BCUT2D eigenvalue weighted by Crippen LogP contribution is -2.00. The third-order valence-electron chi connectivity index (χ3n) is 2.20. The van der Waals surface area contributed by atoms with Crippen LogP contribution in [0.4, 0.5) is 4.39 Å². The molecule has 0 radical (unpaired) electrons. The second-order valence-electron chi connectivity index (χ2n) is 3.46. The molecule has 1 aromatic carbocycles. The highest BCUT2D eigenvalue weighted by Gasteiger charge is 2.23. The van der Waals surface area contributed by atoms with Crippen molar-refractivity contribution in [3.05, 3.63) is 22.4 Å². The SMILES string of the molecule is Oc1c(Br)ccc(OCC2CC2)c1F. The molecule has 0 atom stereocenters. The molecule has 0 amide bonds. The Kier molecular flexibility index (Phi) is 2.63. The maximum Gasteiger partial charge on any atom is 0.207 e. The normalized spacial score (nSPS) is 15.6. The van der Waals surface area contributed by atoms with Gasteiger partial charge in [0.2, 0.25) is 5.82 Å². The van der Waals surface area contributed by atoms with E-state index in [4.69, 9.17) is 4.74 Å². The van der Waals surface area contributed by atoms with Crippen LogP contribution in [0.15, 0.2) is 16.6 Å². The van der Waals surface area contributed by atoms with Gasteiger partial charge in [-0.1, -0.05) is 0 Å². The van der Waals surface area contributed by atoms with E-state index in [0.717, 1.165) is 12.8 Å². The average molecular weight is 261 g/mol. The Bertz CT molecular complexity index is 350. The number of ether oxygens (including phenoxy) is 1. The second-order valence-corrected chi connectivity index (χ2v) is 4.32. The Morgan fingerprint density at radius 3 is 2.86 bits per heavy atom. The Morgan fingerprint density at radius 1 is 1.50 bits per heavy atom. The van der Waals surface area contributed by atoms with E-state index in [9.17, 15) is 9.50 Å². The van der Waals surface area contributed by atoms with Gasteiger partial charge in [-0.2, -0.15) is 4.39 Å². The molecule has 1 saturated carbocycles. The highest BCUT2D eigenvalue weighted by atomic mass is 79.9. The van der Waals surface area contributed by atoms with Gasteiger partial charge in [-0.25, -0.2) is 0 Å². The van der Waals surface area contributed by atoms with E-state index >= 15 is 0 Å². The maximum atomic E-state index is 13.3. The predicted molar refractivity (Wildman–Crippen MR) is 54.0 cm³/mol. The quantitative estimate of drug-likeness (QED) is 0.905. The van der Waals surface area contributed by atoms with Gasteiger partial charge in [0.25, 0.3) is 0 Å². The van der Waals surface area contributed by atoms with Crippen molar-refractivity contribution in [3.8, 4) is 11.5 Å². The molecule has 0 bridgehead atoms. The summed E-state index contributed by atoms with van der Waals surface area (Å²) in [6.07, 6.45) is 2.31. The monoisotopic (exact) mass is 260 g/mol. The zero-order chi connectivity index (χ0) is 10.1. The summed E-state index contributed by atoms with van der Waals surface area (Å²) in [4.78, 5) is 0. The number of rotatable bonds is 3. The molecule has 1 fully saturated rings. The highest BCUT2D eigenvalue weighted by molar-refractivity contribution is 9.10. The van der Waals surface area contributed by atoms with Crippen LogP contribution in [0.2, 0.25) is 0 Å². The minimum absolute atomic E-state index is 0.123. The summed E-state index contributed by atoms with van der Waals surface area (Å²) in [7, 11) is 0. The van der Waals surface area contributed by atoms with E-state index in [1.165, 1.54) is 6.07 Å². The summed E-state index contributed by atoms with van der Waals surface area (Å²) >= 11 is 3.03. The van der Waals surface area contributed by atoms with E-state index in [0.29, 0.717) is 17.0 Å². The number of benzene rings is 1. The second kappa shape index (κ2) is 3.77. The summed E-state index contributed by atoms with van der Waals surface area (Å²) in [5, 5.41) is 9.27. The van der Waals surface area contributed by atoms with Gasteiger partial charge in [0.15, 0.2) is 11.5 Å². The highest BCUT2D eigenvalue weighted by Crippen LogP contribution is 2.35. The van der Waals surface area contributed by atoms with Crippen LogP contribution in [0, 0.1) is 11.7 Å². The fourth-order valence-electron chi connectivity index (χ4n) is 1.13. The maximum absolute atomic E-state index is 13.3. The molecular weight excluding hydrogens is 251 g/mol. The van der Waals surface area contributed by atoms with Gasteiger partial charge < -0.3 is 9.84 Å². The summed E-state index contributed by atoms with van der Waals surface area (Å²) in [6, 6.07) is 3.09. The Labute approximate surface area is 89.8 Å². The van der Waals surface area contributed by atoms with Crippen LogP contribution in [0.3, 0.4) is 0 Å². The van der Waals surface area contributed by atoms with Crippen molar-refractivity contribution in [2.45, 2.75) is 12.8 Å². The topological polar surface area (TPSA) is 29.5 Å². The van der Waals surface area contributed by atoms with Crippen molar-refractivity contribution in [1.82, 2.24) is 0 Å². The first-order valence-corrected chi connectivity index (χ1v) is 5.27. The lowest BCUT2D eigenvalue weighted by Gasteiger charge is -2.07. The molecule has 1 aromatic rings. The fourth-order valence-corrected chi connectivity index (χ4v) is 1.43. The van der Waals surface area contributed by atoms with Crippen LogP contribution in [0.25, 0.3) is 0 Å². The molecule has 1 aliphatic rings. The van der Waals surface area contributed by atoms with Crippen LogP contribution in [-0.2, 0) is 0 Å². The van der Waals surface area contributed by atoms with E-state index < -0.39 is 11.6 Å². The molecule has 2 rings (SSSR count). The first-order chi connectivity index (χ1) is 6.68. The smallest absolute Gasteiger partial charge is 0.207 e. The molecular formula is C10H10BrFO2. The van der Waals surface area contributed by atoms with Gasteiger partial charge >= 0.3 is 0 Å². The zero-order valence-electron chi connectivity index (χ0n) is 7.46. The molecule has 76 valence electrons. The van der Waals surface area contributed by atoms with Gasteiger partial charge in [-0.05, 0) is 46.8 Å². The van der Waals surface area contributed by atoms with E-state index in [2.05, 4.69) is 15.9 Å². The zero-order valence-corrected chi connectivity index (χ0v) is 9.05. The predicted octanol–water partition coefficient (Wildman–Crippen LogP) is 3.08. The lowest BCUT2D eigenvalue weighted by atomic mass is 10.3. The fraction of sp³-hybridized carbons (Fsp3) is 0.400. The summed E-state index contributed by atoms with van der Waals surface area (Å²) in [5.74, 6) is -0.392. The number of halogens is 2. The number of hydrogen-bond acceptors (Lipinski definition) is 2. The van der Waals surface area contributed by atoms with Crippen LogP contribution in [0.1, 0.15) is 12.8 Å². The molecule has 0 unspecified atom stereocenters. The number of hydrogen-bond donors (Lipinski definition) is 1. The molecule has 0 aromatic heterocycles. The molecule has 0 saturated heterocycles. The van der Waals surface area contributed by atoms with Gasteiger partial charge in [0, 0.05) is 0 Å². The van der Waals surface area contributed by atoms with Crippen molar-refractivity contribution >= 4 is 15.9 Å². The van der Waals surface area contributed by atoms with Crippen LogP contribution >= 0.6 is 15.9 Å². The van der Waals surface area contributed by atoms with Gasteiger partial charge in [-0.3, -0.25) is 0 Å². The summed E-state index contributed by atoms with van der Waals surface area (Å²) < 4.78 is 18.9. The summed E-state index contributed by atoms with van der Waals surface area (Å²) in [6.45, 7) is 0.540. The van der Waals surface area contributed by atoms with Crippen molar-refractivity contribution in [3.63, 3.8) is 0 Å². The van der Waals surface area contributed by atoms with Crippen LogP contribution in [0.5, 0.6) is 11.5 Å². The molecule has 1 aliphatic carbocycles. The average Bonchev–Trinajstić information content (AvgIpc) is 2.97. The molecule has 0 aliphatic heterocycles. The van der Waals surface area contributed by atoms with Gasteiger partial charge in [-0.15, -0.1) is 0 Å². The van der Waals surface area contributed by atoms with Gasteiger partial charge in [0.1, 0.15) is 0 Å². The van der Waals surface area contributed by atoms with Gasteiger partial charge in [0.05, 0.1) is 11.1 Å². The molecule has 0 spiro atoms.